The molecule has 0 fully saturated rings. The monoisotopic (exact) mass is 333 g/mol. The molecule has 0 amide bonds. The predicted molar refractivity (Wildman–Crippen MR) is 92.8 cm³/mol. The van der Waals surface area contributed by atoms with Crippen molar-refractivity contribution in [3.8, 4) is 17.1 Å². The second kappa shape index (κ2) is 5.86. The van der Waals surface area contributed by atoms with Gasteiger partial charge in [0.05, 0.1) is 12.5 Å². The van der Waals surface area contributed by atoms with Crippen molar-refractivity contribution >= 4 is 17.1 Å². The van der Waals surface area contributed by atoms with Gasteiger partial charge in [0.15, 0.2) is 5.65 Å². The first-order chi connectivity index (χ1) is 12.2. The van der Waals surface area contributed by atoms with E-state index in [1.54, 1.807) is 12.5 Å². The fourth-order valence-electron chi connectivity index (χ4n) is 2.71. The van der Waals surface area contributed by atoms with E-state index in [0.29, 0.717) is 22.6 Å². The maximum absolute atomic E-state index is 11.3. The molecule has 0 atom stereocenters. The molecule has 3 heterocycles. The SMILES string of the molecule is CCc1cccc(-n2cnc(-c3cnc4[nH]cc(C(=O)O)c4n3)c2)c1. The van der Waals surface area contributed by atoms with Crippen LogP contribution in [0.1, 0.15) is 22.8 Å². The molecule has 0 bridgehead atoms. The van der Waals surface area contributed by atoms with Gasteiger partial charge in [0.1, 0.15) is 22.5 Å². The van der Waals surface area contributed by atoms with Crippen LogP contribution in [0.15, 0.2) is 49.2 Å². The number of aromatic amines is 1. The number of rotatable bonds is 4. The lowest BCUT2D eigenvalue weighted by molar-refractivity contribution is 0.0699. The average molecular weight is 333 g/mol. The van der Waals surface area contributed by atoms with Crippen molar-refractivity contribution in [1.29, 1.82) is 0 Å². The lowest BCUT2D eigenvalue weighted by atomic mass is 10.1. The van der Waals surface area contributed by atoms with Crippen LogP contribution in [0, 0.1) is 0 Å². The van der Waals surface area contributed by atoms with E-state index in [0.717, 1.165) is 12.1 Å². The Balaban J connectivity index is 1.75. The molecule has 3 aromatic heterocycles. The fraction of sp³-hybridized carbons (Fsp3) is 0.111. The largest absolute Gasteiger partial charge is 0.478 e. The van der Waals surface area contributed by atoms with Crippen LogP contribution in [0.25, 0.3) is 28.2 Å². The molecule has 124 valence electrons. The standard InChI is InChI=1S/C18H15N5O2/c1-2-11-4-3-5-12(6-11)23-9-15(21-10-23)14-8-20-17-16(22-14)13(7-19-17)18(24)25/h3-10H,2H2,1H3,(H,19,20)(H,24,25). The van der Waals surface area contributed by atoms with E-state index in [-0.39, 0.29) is 5.56 Å². The Kier molecular flexibility index (Phi) is 3.53. The van der Waals surface area contributed by atoms with E-state index in [9.17, 15) is 9.90 Å². The molecule has 25 heavy (non-hydrogen) atoms. The van der Waals surface area contributed by atoms with Gasteiger partial charge in [-0.25, -0.2) is 19.7 Å². The summed E-state index contributed by atoms with van der Waals surface area (Å²) in [4.78, 5) is 27.1. The number of nitrogens with zero attached hydrogens (tertiary/aromatic N) is 4. The van der Waals surface area contributed by atoms with Gasteiger partial charge in [-0.05, 0) is 24.1 Å². The number of fused-ring (bicyclic) bond motifs is 1. The van der Waals surface area contributed by atoms with Crippen LogP contribution >= 0.6 is 0 Å². The van der Waals surface area contributed by atoms with Crippen molar-refractivity contribution in [1.82, 2.24) is 24.5 Å². The number of hydrogen-bond acceptors (Lipinski definition) is 4. The van der Waals surface area contributed by atoms with E-state index >= 15 is 0 Å². The first-order valence-electron chi connectivity index (χ1n) is 7.87. The molecule has 7 heteroatoms. The molecular weight excluding hydrogens is 318 g/mol. The molecule has 4 rings (SSSR count). The van der Waals surface area contributed by atoms with Gasteiger partial charge in [-0.2, -0.15) is 0 Å². The van der Waals surface area contributed by atoms with E-state index in [2.05, 4.69) is 39.0 Å². The van der Waals surface area contributed by atoms with Gasteiger partial charge in [-0.15, -0.1) is 0 Å². The molecule has 0 aliphatic carbocycles. The van der Waals surface area contributed by atoms with Crippen LogP contribution < -0.4 is 0 Å². The highest BCUT2D eigenvalue weighted by molar-refractivity contribution is 6.00. The Labute approximate surface area is 143 Å². The molecule has 7 nitrogen and oxygen atoms in total. The number of nitrogens with one attached hydrogen (secondary N) is 1. The van der Waals surface area contributed by atoms with E-state index in [4.69, 9.17) is 0 Å². The number of carboxylic acids is 1. The van der Waals surface area contributed by atoms with Gasteiger partial charge in [0.25, 0.3) is 0 Å². The number of H-pyrrole nitrogens is 1. The summed E-state index contributed by atoms with van der Waals surface area (Å²) in [6.07, 6.45) is 7.51. The summed E-state index contributed by atoms with van der Waals surface area (Å²) in [5.74, 6) is -1.04. The zero-order chi connectivity index (χ0) is 17.4. The summed E-state index contributed by atoms with van der Waals surface area (Å²) < 4.78 is 1.91. The molecule has 0 unspecified atom stereocenters. The second-order valence-electron chi connectivity index (χ2n) is 5.65. The van der Waals surface area contributed by atoms with Crippen LogP contribution in [0.5, 0.6) is 0 Å². The smallest absolute Gasteiger partial charge is 0.339 e. The number of hydrogen-bond donors (Lipinski definition) is 2. The number of aromatic nitrogens is 5. The lowest BCUT2D eigenvalue weighted by Gasteiger charge is -2.03. The molecule has 0 aliphatic rings. The zero-order valence-electron chi connectivity index (χ0n) is 13.5. The van der Waals surface area contributed by atoms with Gasteiger partial charge in [-0.3, -0.25) is 0 Å². The van der Waals surface area contributed by atoms with Gasteiger partial charge in [0, 0.05) is 18.1 Å². The lowest BCUT2D eigenvalue weighted by Crippen LogP contribution is -1.96. The highest BCUT2D eigenvalue weighted by Gasteiger charge is 2.15. The zero-order valence-corrected chi connectivity index (χ0v) is 13.5. The number of aromatic carboxylic acids is 1. The maximum Gasteiger partial charge on any atom is 0.339 e. The third kappa shape index (κ3) is 2.65. The fourth-order valence-corrected chi connectivity index (χ4v) is 2.71. The number of carboxylic acid groups (broad SMARTS) is 1. The summed E-state index contributed by atoms with van der Waals surface area (Å²) >= 11 is 0. The normalized spacial score (nSPS) is 11.1. The Morgan fingerprint density at radius 2 is 2.16 bits per heavy atom. The molecule has 2 N–H and O–H groups in total. The molecule has 0 saturated heterocycles. The molecule has 0 saturated carbocycles. The quantitative estimate of drug-likeness (QED) is 0.598. The van der Waals surface area contributed by atoms with Crippen LogP contribution in [-0.2, 0) is 6.42 Å². The Bertz CT molecular complexity index is 1080. The van der Waals surface area contributed by atoms with E-state index in [1.165, 1.54) is 11.8 Å². The summed E-state index contributed by atoms with van der Waals surface area (Å²) in [5.41, 5.74) is 4.28. The maximum atomic E-state index is 11.3. The molecule has 4 aromatic rings. The Morgan fingerprint density at radius 1 is 1.28 bits per heavy atom. The highest BCUT2D eigenvalue weighted by atomic mass is 16.4. The van der Waals surface area contributed by atoms with Gasteiger partial charge in [-0.1, -0.05) is 19.1 Å². The minimum atomic E-state index is -1.04. The summed E-state index contributed by atoms with van der Waals surface area (Å²) in [6.45, 7) is 2.11. The van der Waals surface area contributed by atoms with Crippen molar-refractivity contribution in [3.05, 3.63) is 60.3 Å². The Hall–Kier alpha value is -3.48. The van der Waals surface area contributed by atoms with Gasteiger partial charge >= 0.3 is 5.97 Å². The van der Waals surface area contributed by atoms with Crippen LogP contribution in [0.3, 0.4) is 0 Å². The number of aryl methyl sites for hydroxylation is 1. The topological polar surface area (TPSA) is 96.7 Å². The molecule has 0 aliphatic heterocycles. The summed E-state index contributed by atoms with van der Waals surface area (Å²) in [5, 5.41) is 9.23. The number of carbonyl (C=O) groups is 1. The molecule has 0 radical (unpaired) electrons. The van der Waals surface area contributed by atoms with Crippen LogP contribution in [-0.4, -0.2) is 35.6 Å². The molecule has 0 spiro atoms. The van der Waals surface area contributed by atoms with Crippen molar-refractivity contribution in [2.75, 3.05) is 0 Å². The van der Waals surface area contributed by atoms with E-state index in [1.807, 2.05) is 22.9 Å². The minimum absolute atomic E-state index is 0.0967. The Morgan fingerprint density at radius 3 is 2.96 bits per heavy atom. The number of benzene rings is 1. The predicted octanol–water partition coefficient (Wildman–Crippen LogP) is 3.07. The van der Waals surface area contributed by atoms with E-state index < -0.39 is 5.97 Å². The van der Waals surface area contributed by atoms with Crippen molar-refractivity contribution < 1.29 is 9.90 Å². The van der Waals surface area contributed by atoms with Gasteiger partial charge < -0.3 is 14.7 Å². The third-order valence-electron chi connectivity index (χ3n) is 4.07. The first kappa shape index (κ1) is 15.1. The van der Waals surface area contributed by atoms with Gasteiger partial charge in [0.2, 0.25) is 0 Å². The first-order valence-corrected chi connectivity index (χ1v) is 7.87. The van der Waals surface area contributed by atoms with Crippen molar-refractivity contribution in [2.45, 2.75) is 13.3 Å². The van der Waals surface area contributed by atoms with Crippen LogP contribution in [0.4, 0.5) is 0 Å². The van der Waals surface area contributed by atoms with Crippen molar-refractivity contribution in [2.24, 2.45) is 0 Å². The summed E-state index contributed by atoms with van der Waals surface area (Å²) in [7, 11) is 0. The van der Waals surface area contributed by atoms with Crippen molar-refractivity contribution in [3.63, 3.8) is 0 Å². The third-order valence-corrected chi connectivity index (χ3v) is 4.07. The highest BCUT2D eigenvalue weighted by Crippen LogP contribution is 2.21. The average Bonchev–Trinajstić information content (AvgIpc) is 3.28. The molecule has 1 aromatic carbocycles. The molecular formula is C18H15N5O2. The second-order valence-corrected chi connectivity index (χ2v) is 5.65. The summed E-state index contributed by atoms with van der Waals surface area (Å²) in [6, 6.07) is 8.21. The number of imidazole rings is 1. The van der Waals surface area contributed by atoms with Crippen LogP contribution in [0.2, 0.25) is 0 Å². The minimum Gasteiger partial charge on any atom is -0.478 e.